The molecule has 0 amide bonds. The summed E-state index contributed by atoms with van der Waals surface area (Å²) in [4.78, 5) is 0. The molecule has 2 heterocycles. The van der Waals surface area contributed by atoms with Crippen LogP contribution in [0.3, 0.4) is 0 Å². The largest absolute Gasteiger partial charge is 0.485 e. The number of ether oxygens (including phenoxy) is 2. The normalized spacial score (nSPS) is 18.1. The maximum Gasteiger partial charge on any atom is 0.192 e. The van der Waals surface area contributed by atoms with Crippen molar-refractivity contribution in [2.24, 2.45) is 0 Å². The molecule has 0 saturated heterocycles. The van der Waals surface area contributed by atoms with Crippen molar-refractivity contribution in [3.05, 3.63) is 36.4 Å². The second-order valence-electron chi connectivity index (χ2n) is 4.55. The Bertz CT molecular complexity index is 551. The Hall–Kier alpha value is -2.04. The number of nitrogens with zero attached hydrogens (tertiary/aromatic N) is 3. The summed E-state index contributed by atoms with van der Waals surface area (Å²) in [7, 11) is 0. The Morgan fingerprint density at radius 1 is 1.28 bits per heavy atom. The highest BCUT2D eigenvalue weighted by atomic mass is 16.6. The Labute approximate surface area is 105 Å². The van der Waals surface area contributed by atoms with Gasteiger partial charge in [0.15, 0.2) is 23.4 Å². The van der Waals surface area contributed by atoms with Gasteiger partial charge in [0.2, 0.25) is 0 Å². The second-order valence-corrected chi connectivity index (χ2v) is 4.55. The van der Waals surface area contributed by atoms with Gasteiger partial charge in [-0.15, -0.1) is 10.2 Å². The van der Waals surface area contributed by atoms with Crippen molar-refractivity contribution in [1.82, 2.24) is 14.8 Å². The lowest BCUT2D eigenvalue weighted by molar-refractivity contribution is 0.0814. The molecule has 1 atom stereocenters. The molecule has 94 valence electrons. The molecule has 1 aromatic carbocycles. The number of fused-ring (bicyclic) bond motifs is 1. The quantitative estimate of drug-likeness (QED) is 0.815. The van der Waals surface area contributed by atoms with Crippen LogP contribution >= 0.6 is 0 Å². The third kappa shape index (κ3) is 1.81. The molecule has 0 spiro atoms. The molecule has 3 rings (SSSR count). The van der Waals surface area contributed by atoms with Crippen LogP contribution in [0.25, 0.3) is 0 Å². The van der Waals surface area contributed by atoms with Gasteiger partial charge in [-0.25, -0.2) is 0 Å². The molecule has 18 heavy (non-hydrogen) atoms. The first-order chi connectivity index (χ1) is 8.75. The average molecular weight is 245 g/mol. The van der Waals surface area contributed by atoms with E-state index in [1.165, 1.54) is 0 Å². The van der Waals surface area contributed by atoms with Gasteiger partial charge in [0.1, 0.15) is 12.9 Å². The van der Waals surface area contributed by atoms with Crippen molar-refractivity contribution < 1.29 is 9.47 Å². The monoisotopic (exact) mass is 245 g/mol. The van der Waals surface area contributed by atoms with E-state index in [0.717, 1.165) is 17.3 Å². The van der Waals surface area contributed by atoms with E-state index in [0.29, 0.717) is 12.6 Å². The van der Waals surface area contributed by atoms with Crippen molar-refractivity contribution in [2.45, 2.75) is 26.0 Å². The summed E-state index contributed by atoms with van der Waals surface area (Å²) in [6.07, 6.45) is 1.52. The molecule has 0 aliphatic carbocycles. The van der Waals surface area contributed by atoms with Gasteiger partial charge in [0.05, 0.1) is 0 Å². The summed E-state index contributed by atoms with van der Waals surface area (Å²) < 4.78 is 13.6. The summed E-state index contributed by atoms with van der Waals surface area (Å²) in [5.74, 6) is 2.34. The van der Waals surface area contributed by atoms with Gasteiger partial charge in [0.25, 0.3) is 0 Å². The minimum absolute atomic E-state index is 0.204. The van der Waals surface area contributed by atoms with Crippen LogP contribution in [-0.4, -0.2) is 21.4 Å². The van der Waals surface area contributed by atoms with Gasteiger partial charge < -0.3 is 14.0 Å². The van der Waals surface area contributed by atoms with Crippen LogP contribution in [0.2, 0.25) is 0 Å². The van der Waals surface area contributed by atoms with Crippen molar-refractivity contribution >= 4 is 0 Å². The molecular formula is C13H15N3O2. The van der Waals surface area contributed by atoms with Crippen LogP contribution in [0.1, 0.15) is 31.8 Å². The van der Waals surface area contributed by atoms with Crippen LogP contribution in [0.5, 0.6) is 11.5 Å². The average Bonchev–Trinajstić information content (AvgIpc) is 2.87. The Morgan fingerprint density at radius 3 is 2.83 bits per heavy atom. The van der Waals surface area contributed by atoms with E-state index in [9.17, 15) is 0 Å². The van der Waals surface area contributed by atoms with E-state index in [-0.39, 0.29) is 6.10 Å². The molecular weight excluding hydrogens is 230 g/mol. The SMILES string of the molecule is CC(C)n1cnnc1C1COc2ccccc2O1. The van der Waals surface area contributed by atoms with E-state index >= 15 is 0 Å². The van der Waals surface area contributed by atoms with Crippen LogP contribution in [0, 0.1) is 0 Å². The lowest BCUT2D eigenvalue weighted by atomic mass is 10.2. The van der Waals surface area contributed by atoms with Crippen LogP contribution < -0.4 is 9.47 Å². The zero-order valence-corrected chi connectivity index (χ0v) is 10.4. The Balaban J connectivity index is 1.90. The van der Waals surface area contributed by atoms with Gasteiger partial charge in [-0.1, -0.05) is 12.1 Å². The third-order valence-corrected chi connectivity index (χ3v) is 2.95. The molecule has 0 saturated carbocycles. The third-order valence-electron chi connectivity index (χ3n) is 2.95. The molecule has 0 N–H and O–H groups in total. The topological polar surface area (TPSA) is 49.2 Å². The molecule has 1 aliphatic rings. The number of para-hydroxylation sites is 2. The highest BCUT2D eigenvalue weighted by Crippen LogP contribution is 2.35. The predicted octanol–water partition coefficient (Wildman–Crippen LogP) is 2.37. The van der Waals surface area contributed by atoms with Crippen molar-refractivity contribution in [2.75, 3.05) is 6.61 Å². The standard InChI is InChI=1S/C13H15N3O2/c1-9(2)16-8-14-15-13(16)12-7-17-10-5-3-4-6-11(10)18-12/h3-6,8-9,12H,7H2,1-2H3. The van der Waals surface area contributed by atoms with Crippen LogP contribution in [-0.2, 0) is 0 Å². The fraction of sp³-hybridized carbons (Fsp3) is 0.385. The summed E-state index contributed by atoms with van der Waals surface area (Å²) in [5, 5.41) is 8.09. The summed E-state index contributed by atoms with van der Waals surface area (Å²) in [5.41, 5.74) is 0. The Morgan fingerprint density at radius 2 is 2.06 bits per heavy atom. The minimum Gasteiger partial charge on any atom is -0.485 e. The first kappa shape index (κ1) is 11.1. The maximum atomic E-state index is 5.92. The number of benzene rings is 1. The van der Waals surface area contributed by atoms with Crippen LogP contribution in [0.4, 0.5) is 0 Å². The number of aromatic nitrogens is 3. The smallest absolute Gasteiger partial charge is 0.192 e. The zero-order chi connectivity index (χ0) is 12.5. The van der Waals surface area contributed by atoms with E-state index in [2.05, 4.69) is 24.0 Å². The molecule has 0 bridgehead atoms. The molecule has 0 radical (unpaired) electrons. The second kappa shape index (κ2) is 4.33. The van der Waals surface area contributed by atoms with Crippen molar-refractivity contribution in [3.8, 4) is 11.5 Å². The molecule has 5 nitrogen and oxygen atoms in total. The molecule has 1 aliphatic heterocycles. The van der Waals surface area contributed by atoms with Crippen LogP contribution in [0.15, 0.2) is 30.6 Å². The van der Waals surface area contributed by atoms with E-state index in [1.807, 2.05) is 28.8 Å². The minimum atomic E-state index is -0.204. The van der Waals surface area contributed by atoms with Gasteiger partial charge in [-0.3, -0.25) is 0 Å². The van der Waals surface area contributed by atoms with E-state index < -0.39 is 0 Å². The fourth-order valence-electron chi connectivity index (χ4n) is 2.03. The first-order valence-corrected chi connectivity index (χ1v) is 6.03. The summed E-state index contributed by atoms with van der Waals surface area (Å²) in [6, 6.07) is 7.96. The Kier molecular flexibility index (Phi) is 2.66. The number of hydrogen-bond acceptors (Lipinski definition) is 4. The first-order valence-electron chi connectivity index (χ1n) is 6.03. The van der Waals surface area contributed by atoms with Gasteiger partial charge in [-0.05, 0) is 26.0 Å². The van der Waals surface area contributed by atoms with Gasteiger partial charge in [0, 0.05) is 6.04 Å². The van der Waals surface area contributed by atoms with E-state index in [4.69, 9.17) is 9.47 Å². The fourth-order valence-corrected chi connectivity index (χ4v) is 2.03. The van der Waals surface area contributed by atoms with Gasteiger partial charge in [-0.2, -0.15) is 0 Å². The zero-order valence-electron chi connectivity index (χ0n) is 10.4. The number of hydrogen-bond donors (Lipinski definition) is 0. The van der Waals surface area contributed by atoms with E-state index in [1.54, 1.807) is 6.33 Å². The highest BCUT2D eigenvalue weighted by molar-refractivity contribution is 5.40. The highest BCUT2D eigenvalue weighted by Gasteiger charge is 2.27. The molecule has 1 aromatic heterocycles. The summed E-state index contributed by atoms with van der Waals surface area (Å²) >= 11 is 0. The van der Waals surface area contributed by atoms with Crippen molar-refractivity contribution in [1.29, 1.82) is 0 Å². The predicted molar refractivity (Wildman–Crippen MR) is 65.7 cm³/mol. The molecule has 5 heteroatoms. The molecule has 0 fully saturated rings. The number of rotatable bonds is 2. The molecule has 1 unspecified atom stereocenters. The lowest BCUT2D eigenvalue weighted by Crippen LogP contribution is -2.25. The van der Waals surface area contributed by atoms with Crippen molar-refractivity contribution in [3.63, 3.8) is 0 Å². The maximum absolute atomic E-state index is 5.92. The summed E-state index contributed by atoms with van der Waals surface area (Å²) in [6.45, 7) is 4.64. The lowest BCUT2D eigenvalue weighted by Gasteiger charge is -2.26. The van der Waals surface area contributed by atoms with Gasteiger partial charge >= 0.3 is 0 Å². The molecule has 2 aromatic rings.